The van der Waals surface area contributed by atoms with Gasteiger partial charge >= 0.3 is 0 Å². The molecular weight excluding hydrogens is 354 g/mol. The monoisotopic (exact) mass is 377 g/mol. The smallest absolute Gasteiger partial charge is 0.0794 e. The third-order valence-corrected chi connectivity index (χ3v) is 5.70. The number of H-pyrrole nitrogens is 1. The molecule has 0 radical (unpaired) electrons. The summed E-state index contributed by atoms with van der Waals surface area (Å²) in [5.41, 5.74) is 7.12. The lowest BCUT2D eigenvalue weighted by Gasteiger charge is -2.07. The van der Waals surface area contributed by atoms with Crippen molar-refractivity contribution in [3.63, 3.8) is 0 Å². The SMILES string of the molecule is Cc1nn(Cc2ccccc2)c(C)c1CNCc1cn[nH]c1-c1cccs1. The van der Waals surface area contributed by atoms with Gasteiger partial charge < -0.3 is 5.32 Å². The average molecular weight is 378 g/mol. The fourth-order valence-corrected chi connectivity index (χ4v) is 4.06. The molecule has 0 amide bonds. The Balaban J connectivity index is 1.43. The van der Waals surface area contributed by atoms with Crippen molar-refractivity contribution < 1.29 is 0 Å². The zero-order valence-electron chi connectivity index (χ0n) is 15.6. The van der Waals surface area contributed by atoms with E-state index in [4.69, 9.17) is 5.10 Å². The van der Waals surface area contributed by atoms with Gasteiger partial charge in [0.05, 0.1) is 29.0 Å². The van der Waals surface area contributed by atoms with Gasteiger partial charge in [-0.15, -0.1) is 11.3 Å². The van der Waals surface area contributed by atoms with Crippen LogP contribution in [0.25, 0.3) is 10.6 Å². The summed E-state index contributed by atoms with van der Waals surface area (Å²) in [7, 11) is 0. The number of aryl methyl sites for hydroxylation is 1. The molecule has 4 aromatic rings. The van der Waals surface area contributed by atoms with Crippen LogP contribution in [-0.2, 0) is 19.6 Å². The first-order valence-corrected chi connectivity index (χ1v) is 9.94. The molecule has 1 aromatic carbocycles. The molecular formula is C21H23N5S. The second kappa shape index (κ2) is 7.90. The predicted molar refractivity (Wildman–Crippen MR) is 110 cm³/mol. The maximum Gasteiger partial charge on any atom is 0.0794 e. The summed E-state index contributed by atoms with van der Waals surface area (Å²) in [4.78, 5) is 1.22. The molecule has 2 N–H and O–H groups in total. The van der Waals surface area contributed by atoms with E-state index in [1.54, 1.807) is 11.3 Å². The second-order valence-corrected chi connectivity index (χ2v) is 7.59. The Morgan fingerprint density at radius 1 is 1.07 bits per heavy atom. The van der Waals surface area contributed by atoms with Crippen LogP contribution in [0.2, 0.25) is 0 Å². The Bertz CT molecular complexity index is 999. The second-order valence-electron chi connectivity index (χ2n) is 6.64. The molecule has 0 spiro atoms. The number of nitrogens with zero attached hydrogens (tertiary/aromatic N) is 3. The number of aromatic amines is 1. The highest BCUT2D eigenvalue weighted by Gasteiger charge is 2.13. The number of benzene rings is 1. The summed E-state index contributed by atoms with van der Waals surface area (Å²) in [5.74, 6) is 0. The van der Waals surface area contributed by atoms with Crippen LogP contribution in [0, 0.1) is 13.8 Å². The average Bonchev–Trinajstić information content (AvgIpc) is 3.40. The summed E-state index contributed by atoms with van der Waals surface area (Å²) in [6.07, 6.45) is 1.90. The summed E-state index contributed by atoms with van der Waals surface area (Å²) in [6.45, 7) is 6.60. The lowest BCUT2D eigenvalue weighted by molar-refractivity contribution is 0.653. The van der Waals surface area contributed by atoms with Crippen molar-refractivity contribution in [1.29, 1.82) is 0 Å². The van der Waals surface area contributed by atoms with Gasteiger partial charge in [0, 0.05) is 29.9 Å². The Kier molecular flexibility index (Phi) is 5.18. The lowest BCUT2D eigenvalue weighted by Crippen LogP contribution is -2.14. The number of rotatable bonds is 7. The van der Waals surface area contributed by atoms with Crippen molar-refractivity contribution in [3.05, 3.63) is 82.1 Å². The van der Waals surface area contributed by atoms with Gasteiger partial charge in [-0.3, -0.25) is 9.78 Å². The number of thiophene rings is 1. The fourth-order valence-electron chi connectivity index (χ4n) is 3.30. The third-order valence-electron chi connectivity index (χ3n) is 4.81. The van der Waals surface area contributed by atoms with Gasteiger partial charge in [-0.25, -0.2) is 0 Å². The maximum absolute atomic E-state index is 4.74. The zero-order chi connectivity index (χ0) is 18.6. The van der Waals surface area contributed by atoms with Gasteiger partial charge in [0.15, 0.2) is 0 Å². The number of hydrogen-bond donors (Lipinski definition) is 2. The van der Waals surface area contributed by atoms with E-state index in [9.17, 15) is 0 Å². The topological polar surface area (TPSA) is 58.5 Å². The molecule has 0 atom stereocenters. The Hall–Kier alpha value is -2.70. The van der Waals surface area contributed by atoms with Crippen LogP contribution >= 0.6 is 11.3 Å². The van der Waals surface area contributed by atoms with E-state index in [0.717, 1.165) is 31.0 Å². The van der Waals surface area contributed by atoms with Gasteiger partial charge in [-0.1, -0.05) is 36.4 Å². The predicted octanol–water partition coefficient (Wildman–Crippen LogP) is 4.29. The standard InChI is InChI=1S/C21H23N5S/c1-15-19(16(2)26(25-15)14-17-7-4-3-5-8-17)13-22-11-18-12-23-24-21(18)20-9-6-10-27-20/h3-10,12,22H,11,13-14H2,1-2H3,(H,23,24). The molecule has 4 rings (SSSR count). The van der Waals surface area contributed by atoms with Crippen LogP contribution < -0.4 is 5.32 Å². The van der Waals surface area contributed by atoms with Crippen molar-refractivity contribution in [2.45, 2.75) is 33.5 Å². The molecule has 0 saturated heterocycles. The van der Waals surface area contributed by atoms with Crippen molar-refractivity contribution >= 4 is 11.3 Å². The normalized spacial score (nSPS) is 11.2. The van der Waals surface area contributed by atoms with Crippen LogP contribution in [0.3, 0.4) is 0 Å². The molecule has 0 unspecified atom stereocenters. The lowest BCUT2D eigenvalue weighted by atomic mass is 10.1. The minimum Gasteiger partial charge on any atom is -0.308 e. The number of nitrogens with one attached hydrogen (secondary N) is 2. The Morgan fingerprint density at radius 3 is 2.70 bits per heavy atom. The molecule has 0 aliphatic rings. The zero-order valence-corrected chi connectivity index (χ0v) is 16.4. The molecule has 0 saturated carbocycles. The van der Waals surface area contributed by atoms with E-state index >= 15 is 0 Å². The van der Waals surface area contributed by atoms with Crippen molar-refractivity contribution in [2.75, 3.05) is 0 Å². The van der Waals surface area contributed by atoms with Crippen LogP contribution in [0.15, 0.2) is 54.0 Å². The molecule has 138 valence electrons. The van der Waals surface area contributed by atoms with E-state index in [2.05, 4.69) is 75.8 Å². The summed E-state index contributed by atoms with van der Waals surface area (Å²) in [5, 5.41) is 17.7. The van der Waals surface area contributed by atoms with Crippen molar-refractivity contribution in [2.24, 2.45) is 0 Å². The van der Waals surface area contributed by atoms with Crippen LogP contribution in [0.1, 0.15) is 28.1 Å². The Labute approximate surface area is 163 Å². The van der Waals surface area contributed by atoms with Crippen LogP contribution in [0.5, 0.6) is 0 Å². The molecule has 27 heavy (non-hydrogen) atoms. The Morgan fingerprint density at radius 2 is 1.93 bits per heavy atom. The molecule has 3 heterocycles. The molecule has 0 bridgehead atoms. The van der Waals surface area contributed by atoms with E-state index in [1.807, 2.05) is 12.3 Å². The van der Waals surface area contributed by atoms with Crippen LogP contribution in [0.4, 0.5) is 0 Å². The molecule has 0 aliphatic carbocycles. The highest BCUT2D eigenvalue weighted by Crippen LogP contribution is 2.25. The molecule has 0 aliphatic heterocycles. The van der Waals surface area contributed by atoms with Gasteiger partial charge in [-0.2, -0.15) is 10.2 Å². The minimum atomic E-state index is 0.770. The number of hydrogen-bond acceptors (Lipinski definition) is 4. The van der Waals surface area contributed by atoms with Crippen LogP contribution in [-0.4, -0.2) is 20.0 Å². The first-order chi connectivity index (χ1) is 13.2. The fraction of sp³-hybridized carbons (Fsp3) is 0.238. The summed E-state index contributed by atoms with van der Waals surface area (Å²) in [6, 6.07) is 14.6. The van der Waals surface area contributed by atoms with Crippen molar-refractivity contribution in [3.8, 4) is 10.6 Å². The largest absolute Gasteiger partial charge is 0.308 e. The third kappa shape index (κ3) is 3.86. The highest BCUT2D eigenvalue weighted by atomic mass is 32.1. The van der Waals surface area contributed by atoms with Gasteiger partial charge in [0.25, 0.3) is 0 Å². The number of aromatic nitrogens is 4. The van der Waals surface area contributed by atoms with Crippen molar-refractivity contribution in [1.82, 2.24) is 25.3 Å². The quantitative estimate of drug-likeness (QED) is 0.505. The summed E-state index contributed by atoms with van der Waals surface area (Å²) < 4.78 is 2.09. The molecule has 3 aromatic heterocycles. The van der Waals surface area contributed by atoms with E-state index < -0.39 is 0 Å². The first-order valence-electron chi connectivity index (χ1n) is 9.06. The summed E-state index contributed by atoms with van der Waals surface area (Å²) >= 11 is 1.72. The van der Waals surface area contributed by atoms with Gasteiger partial charge in [0.2, 0.25) is 0 Å². The van der Waals surface area contributed by atoms with E-state index in [-0.39, 0.29) is 0 Å². The highest BCUT2D eigenvalue weighted by molar-refractivity contribution is 7.13. The molecule has 5 nitrogen and oxygen atoms in total. The van der Waals surface area contributed by atoms with E-state index in [1.165, 1.54) is 27.3 Å². The maximum atomic E-state index is 4.74. The first kappa shape index (κ1) is 17.7. The molecule has 6 heteroatoms. The van der Waals surface area contributed by atoms with E-state index in [0.29, 0.717) is 0 Å². The minimum absolute atomic E-state index is 0.770. The van der Waals surface area contributed by atoms with Gasteiger partial charge in [0.1, 0.15) is 0 Å². The van der Waals surface area contributed by atoms with Gasteiger partial charge in [-0.05, 0) is 30.9 Å². The molecule has 0 fully saturated rings.